The maximum atomic E-state index is 12.1. The normalized spacial score (nSPS) is 12.2. The summed E-state index contributed by atoms with van der Waals surface area (Å²) in [5.41, 5.74) is 5.76. The van der Waals surface area contributed by atoms with Gasteiger partial charge in [-0.3, -0.25) is 9.59 Å². The molecule has 1 unspecified atom stereocenters. The summed E-state index contributed by atoms with van der Waals surface area (Å²) < 4.78 is 0. The second-order valence-electron chi connectivity index (χ2n) is 4.57. The van der Waals surface area contributed by atoms with E-state index >= 15 is 0 Å². The van der Waals surface area contributed by atoms with Crippen molar-refractivity contribution in [2.75, 3.05) is 13.1 Å². The van der Waals surface area contributed by atoms with Crippen LogP contribution < -0.4 is 5.73 Å². The molecule has 0 aliphatic carbocycles. The highest BCUT2D eigenvalue weighted by Gasteiger charge is 2.20. The van der Waals surface area contributed by atoms with E-state index in [9.17, 15) is 9.59 Å². The van der Waals surface area contributed by atoms with Gasteiger partial charge in [-0.05, 0) is 19.3 Å². The lowest BCUT2D eigenvalue weighted by Crippen LogP contribution is -2.44. The molecule has 1 atom stereocenters. The van der Waals surface area contributed by atoms with Crippen molar-refractivity contribution in [2.24, 2.45) is 5.73 Å². The second kappa shape index (κ2) is 9.88. The molecule has 0 spiro atoms. The summed E-state index contributed by atoms with van der Waals surface area (Å²) in [5.74, 6) is -1.02. The standard InChI is InChI=1S/C13H26N2O3/c1-3-5-9-15(10-6-4-2)13(18)11(14)7-8-12(16)17/h11H,3-10,14H2,1-2H3,(H,16,17). The average Bonchev–Trinajstić information content (AvgIpc) is 2.35. The minimum atomic E-state index is -0.910. The number of hydrogen-bond acceptors (Lipinski definition) is 3. The number of hydrogen-bond donors (Lipinski definition) is 2. The molecule has 0 saturated carbocycles. The summed E-state index contributed by atoms with van der Waals surface area (Å²) in [6.07, 6.45) is 4.13. The van der Waals surface area contributed by atoms with Crippen LogP contribution in [0.2, 0.25) is 0 Å². The fraction of sp³-hybridized carbons (Fsp3) is 0.846. The zero-order valence-electron chi connectivity index (χ0n) is 11.5. The summed E-state index contributed by atoms with van der Waals surface area (Å²) in [7, 11) is 0. The van der Waals surface area contributed by atoms with E-state index < -0.39 is 12.0 Å². The molecular weight excluding hydrogens is 232 g/mol. The van der Waals surface area contributed by atoms with Gasteiger partial charge in [0.15, 0.2) is 0 Å². The predicted molar refractivity (Wildman–Crippen MR) is 71.2 cm³/mol. The molecule has 0 radical (unpaired) electrons. The highest BCUT2D eigenvalue weighted by molar-refractivity contribution is 5.82. The summed E-state index contributed by atoms with van der Waals surface area (Å²) in [6, 6.07) is -0.685. The van der Waals surface area contributed by atoms with Crippen molar-refractivity contribution >= 4 is 11.9 Å². The van der Waals surface area contributed by atoms with Crippen LogP contribution in [0.4, 0.5) is 0 Å². The average molecular weight is 258 g/mol. The highest BCUT2D eigenvalue weighted by atomic mass is 16.4. The molecule has 0 heterocycles. The molecule has 106 valence electrons. The molecule has 0 aliphatic heterocycles. The lowest BCUT2D eigenvalue weighted by atomic mass is 10.1. The predicted octanol–water partition coefficient (Wildman–Crippen LogP) is 1.61. The number of carboxylic acid groups (broad SMARTS) is 1. The van der Waals surface area contributed by atoms with Crippen molar-refractivity contribution in [3.05, 3.63) is 0 Å². The molecule has 3 N–H and O–H groups in total. The van der Waals surface area contributed by atoms with Gasteiger partial charge in [0, 0.05) is 19.5 Å². The molecule has 1 amide bonds. The number of amides is 1. The third-order valence-corrected chi connectivity index (χ3v) is 2.86. The summed E-state index contributed by atoms with van der Waals surface area (Å²) in [6.45, 7) is 5.59. The summed E-state index contributed by atoms with van der Waals surface area (Å²) >= 11 is 0. The van der Waals surface area contributed by atoms with E-state index in [0.29, 0.717) is 0 Å². The van der Waals surface area contributed by atoms with Crippen molar-refractivity contribution in [2.45, 2.75) is 58.4 Å². The van der Waals surface area contributed by atoms with E-state index in [2.05, 4.69) is 13.8 Å². The number of carboxylic acids is 1. The van der Waals surface area contributed by atoms with Gasteiger partial charge in [-0.1, -0.05) is 26.7 Å². The van der Waals surface area contributed by atoms with E-state index in [1.165, 1.54) is 0 Å². The smallest absolute Gasteiger partial charge is 0.303 e. The Bertz CT molecular complexity index is 249. The van der Waals surface area contributed by atoms with E-state index in [1.807, 2.05) is 0 Å². The Hall–Kier alpha value is -1.10. The van der Waals surface area contributed by atoms with Gasteiger partial charge in [0.2, 0.25) is 5.91 Å². The lowest BCUT2D eigenvalue weighted by Gasteiger charge is -2.25. The van der Waals surface area contributed by atoms with Gasteiger partial charge in [0.05, 0.1) is 6.04 Å². The molecule has 0 aromatic rings. The number of rotatable bonds is 10. The Morgan fingerprint density at radius 2 is 1.67 bits per heavy atom. The summed E-state index contributed by atoms with van der Waals surface area (Å²) in [4.78, 5) is 24.3. The Morgan fingerprint density at radius 1 is 1.17 bits per heavy atom. The first-order valence-corrected chi connectivity index (χ1v) is 6.79. The number of unbranched alkanes of at least 4 members (excludes halogenated alkanes) is 2. The van der Waals surface area contributed by atoms with Crippen LogP contribution in [0, 0.1) is 0 Å². The third kappa shape index (κ3) is 7.27. The lowest BCUT2D eigenvalue weighted by molar-refractivity contribution is -0.137. The molecule has 0 bridgehead atoms. The van der Waals surface area contributed by atoms with Gasteiger partial charge in [-0.15, -0.1) is 0 Å². The van der Waals surface area contributed by atoms with Gasteiger partial charge in [-0.2, -0.15) is 0 Å². The number of carbonyl (C=O) groups is 2. The van der Waals surface area contributed by atoms with E-state index in [1.54, 1.807) is 4.90 Å². The van der Waals surface area contributed by atoms with Crippen molar-refractivity contribution in [3.63, 3.8) is 0 Å². The summed E-state index contributed by atoms with van der Waals surface area (Å²) in [5, 5.41) is 8.59. The molecule has 5 nitrogen and oxygen atoms in total. The largest absolute Gasteiger partial charge is 0.481 e. The van der Waals surface area contributed by atoms with Gasteiger partial charge in [0.1, 0.15) is 0 Å². The van der Waals surface area contributed by atoms with Crippen LogP contribution in [0.3, 0.4) is 0 Å². The Morgan fingerprint density at radius 3 is 2.06 bits per heavy atom. The maximum Gasteiger partial charge on any atom is 0.303 e. The highest BCUT2D eigenvalue weighted by Crippen LogP contribution is 2.05. The van der Waals surface area contributed by atoms with Crippen LogP contribution in [-0.4, -0.2) is 41.0 Å². The molecule has 18 heavy (non-hydrogen) atoms. The maximum absolute atomic E-state index is 12.1. The molecular formula is C13H26N2O3. The number of nitrogens with two attached hydrogens (primary N) is 1. The minimum absolute atomic E-state index is 0.0533. The van der Waals surface area contributed by atoms with Crippen LogP contribution in [0.15, 0.2) is 0 Å². The second-order valence-corrected chi connectivity index (χ2v) is 4.57. The SMILES string of the molecule is CCCCN(CCCC)C(=O)C(N)CCC(=O)O. The molecule has 0 aliphatic rings. The van der Waals surface area contributed by atoms with Gasteiger partial charge in [-0.25, -0.2) is 0 Å². The first-order valence-electron chi connectivity index (χ1n) is 6.79. The van der Waals surface area contributed by atoms with E-state index in [-0.39, 0.29) is 18.7 Å². The Balaban J connectivity index is 4.27. The van der Waals surface area contributed by atoms with Crippen LogP contribution in [0.5, 0.6) is 0 Å². The Kier molecular flexibility index (Phi) is 9.28. The third-order valence-electron chi connectivity index (χ3n) is 2.86. The van der Waals surface area contributed by atoms with E-state index in [0.717, 1.165) is 38.8 Å². The molecule has 5 heteroatoms. The fourth-order valence-corrected chi connectivity index (χ4v) is 1.67. The number of carbonyl (C=O) groups excluding carboxylic acids is 1. The van der Waals surface area contributed by atoms with Crippen molar-refractivity contribution in [3.8, 4) is 0 Å². The van der Waals surface area contributed by atoms with Crippen molar-refractivity contribution in [1.82, 2.24) is 4.90 Å². The van der Waals surface area contributed by atoms with Crippen LogP contribution in [0.25, 0.3) is 0 Å². The molecule has 0 rings (SSSR count). The molecule has 0 aromatic heterocycles. The van der Waals surface area contributed by atoms with Crippen LogP contribution in [-0.2, 0) is 9.59 Å². The van der Waals surface area contributed by atoms with Crippen molar-refractivity contribution in [1.29, 1.82) is 0 Å². The molecule has 0 aromatic carbocycles. The molecule has 0 fully saturated rings. The van der Waals surface area contributed by atoms with Crippen molar-refractivity contribution < 1.29 is 14.7 Å². The zero-order chi connectivity index (χ0) is 14.0. The van der Waals surface area contributed by atoms with Gasteiger partial charge in [0.25, 0.3) is 0 Å². The monoisotopic (exact) mass is 258 g/mol. The Labute approximate surface area is 109 Å². The van der Waals surface area contributed by atoms with E-state index in [4.69, 9.17) is 10.8 Å². The quantitative estimate of drug-likeness (QED) is 0.623. The van der Waals surface area contributed by atoms with Crippen LogP contribution >= 0.6 is 0 Å². The van der Waals surface area contributed by atoms with Gasteiger partial charge >= 0.3 is 5.97 Å². The topological polar surface area (TPSA) is 83.6 Å². The van der Waals surface area contributed by atoms with Gasteiger partial charge < -0.3 is 15.7 Å². The zero-order valence-corrected chi connectivity index (χ0v) is 11.5. The molecule has 0 saturated heterocycles. The first kappa shape index (κ1) is 16.9. The number of nitrogens with zero attached hydrogens (tertiary/aromatic N) is 1. The number of aliphatic carboxylic acids is 1. The van der Waals surface area contributed by atoms with Crippen LogP contribution in [0.1, 0.15) is 52.4 Å². The first-order chi connectivity index (χ1) is 8.52. The fourth-order valence-electron chi connectivity index (χ4n) is 1.67. The minimum Gasteiger partial charge on any atom is -0.481 e.